The first-order valence-corrected chi connectivity index (χ1v) is 21.4. The van der Waals surface area contributed by atoms with Crippen LogP contribution in [0.25, 0.3) is 12.2 Å². The number of carbonyl (C=O) groups is 1. The normalized spacial score (nSPS) is 18.3. The van der Waals surface area contributed by atoms with E-state index in [1.165, 1.54) is 72.0 Å². The summed E-state index contributed by atoms with van der Waals surface area (Å²) in [6, 6.07) is 4.39. The maximum Gasteiger partial charge on any atom is 0.305 e. The van der Waals surface area contributed by atoms with E-state index < -0.39 is 5.97 Å². The van der Waals surface area contributed by atoms with Gasteiger partial charge in [0, 0.05) is 18.2 Å². The highest BCUT2D eigenvalue weighted by molar-refractivity contribution is 5.66. The number of aromatic nitrogens is 1. The molecule has 318 valence electrons. The number of nitrogens with zero attached hydrogens (tertiary/aromatic N) is 1. The van der Waals surface area contributed by atoms with Crippen LogP contribution in [0.2, 0.25) is 0 Å². The number of pyridine rings is 1. The largest absolute Gasteiger partial charge is 0.481 e. The van der Waals surface area contributed by atoms with Gasteiger partial charge in [0.05, 0.1) is 52.7 Å². The van der Waals surface area contributed by atoms with Gasteiger partial charge in [-0.3, -0.25) is 4.79 Å². The van der Waals surface area contributed by atoms with Crippen LogP contribution in [-0.2, 0) is 30.3 Å². The van der Waals surface area contributed by atoms with E-state index in [0.29, 0.717) is 52.8 Å². The molecule has 0 saturated heterocycles. The third kappa shape index (κ3) is 18.4. The summed E-state index contributed by atoms with van der Waals surface area (Å²) in [4.78, 5) is 10.5. The van der Waals surface area contributed by atoms with Crippen molar-refractivity contribution in [2.45, 2.75) is 114 Å². The van der Waals surface area contributed by atoms with Crippen molar-refractivity contribution in [3.05, 3.63) is 123 Å². The molecular weight excluding hydrogens is 723 g/mol. The molecule has 0 unspecified atom stereocenters. The Balaban J connectivity index is 1.63. The Morgan fingerprint density at radius 1 is 0.690 bits per heavy atom. The average Bonchev–Trinajstić information content (AvgIpc) is 3.14. The summed E-state index contributed by atoms with van der Waals surface area (Å²) in [5.74, 6) is -0.865. The Bertz CT molecular complexity index is 1760. The zero-order valence-electron chi connectivity index (χ0n) is 37.3. The van der Waals surface area contributed by atoms with Gasteiger partial charge in [0.2, 0.25) is 5.69 Å². The van der Waals surface area contributed by atoms with Crippen LogP contribution in [0.1, 0.15) is 119 Å². The molecule has 0 fully saturated rings. The van der Waals surface area contributed by atoms with Crippen molar-refractivity contribution in [3.8, 4) is 0 Å². The smallest absolute Gasteiger partial charge is 0.305 e. The van der Waals surface area contributed by atoms with Crippen molar-refractivity contribution in [2.24, 2.45) is 10.8 Å². The first kappa shape index (κ1) is 48.5. The molecule has 2 aliphatic carbocycles. The molecule has 0 amide bonds. The monoisotopic (exact) mass is 797 g/mol. The van der Waals surface area contributed by atoms with E-state index in [1.807, 2.05) is 0 Å². The molecule has 1 N–H and O–H groups in total. The molecular formula is C51H74NO6+. The van der Waals surface area contributed by atoms with Gasteiger partial charge in [-0.1, -0.05) is 111 Å². The van der Waals surface area contributed by atoms with Gasteiger partial charge in [-0.2, -0.15) is 4.57 Å². The fraction of sp³-hybridized carbons (Fsp3) is 0.529. The van der Waals surface area contributed by atoms with Crippen LogP contribution in [0.5, 0.6) is 0 Å². The van der Waals surface area contributed by atoms with Crippen LogP contribution in [-0.4, -0.2) is 63.9 Å². The fourth-order valence-electron chi connectivity index (χ4n) is 7.59. The van der Waals surface area contributed by atoms with Gasteiger partial charge in [-0.05, 0) is 106 Å². The number of allylic oxidation sites excluding steroid dienone is 16. The number of rotatable bonds is 24. The Morgan fingerprint density at radius 2 is 1.19 bits per heavy atom. The predicted octanol–water partition coefficient (Wildman–Crippen LogP) is 11.5. The zero-order chi connectivity index (χ0) is 42.4. The molecule has 0 atom stereocenters. The fourth-order valence-corrected chi connectivity index (χ4v) is 7.59. The number of carboxylic acids is 1. The van der Waals surface area contributed by atoms with Crippen molar-refractivity contribution in [2.75, 3.05) is 52.9 Å². The number of carboxylic acid groups (broad SMARTS) is 1. The molecule has 0 aromatic carbocycles. The molecule has 7 nitrogen and oxygen atoms in total. The molecule has 0 bridgehead atoms. The first-order chi connectivity index (χ1) is 27.7. The SMILES string of the molecule is CC1=C(/C=C/C(C)=C/C=C/C(C)=C/c2cc(/C=C/C=C(C)/C=C/C3=C(C)CCCC3(C)C)cc[n+]2CCOCCOCCOCCOCCC(=O)O)C(C)(C)CCC1. The third-order valence-corrected chi connectivity index (χ3v) is 11.0. The van der Waals surface area contributed by atoms with E-state index in [4.69, 9.17) is 24.1 Å². The zero-order valence-corrected chi connectivity index (χ0v) is 37.3. The van der Waals surface area contributed by atoms with Gasteiger partial charge in [0.25, 0.3) is 0 Å². The summed E-state index contributed by atoms with van der Waals surface area (Å²) in [6.45, 7) is 24.6. The topological polar surface area (TPSA) is 78.1 Å². The number of hydrogen-bond acceptors (Lipinski definition) is 5. The van der Waals surface area contributed by atoms with E-state index in [0.717, 1.165) is 16.8 Å². The van der Waals surface area contributed by atoms with E-state index in [9.17, 15) is 4.79 Å². The predicted molar refractivity (Wildman–Crippen MR) is 240 cm³/mol. The lowest BCUT2D eigenvalue weighted by molar-refractivity contribution is -0.700. The minimum absolute atomic E-state index is 0.000288. The summed E-state index contributed by atoms with van der Waals surface area (Å²) in [5, 5.41) is 8.64. The molecule has 58 heavy (non-hydrogen) atoms. The quantitative estimate of drug-likeness (QED) is 0.0638. The minimum Gasteiger partial charge on any atom is -0.481 e. The lowest BCUT2D eigenvalue weighted by atomic mass is 9.72. The maximum atomic E-state index is 10.5. The first-order valence-electron chi connectivity index (χ1n) is 21.4. The highest BCUT2D eigenvalue weighted by atomic mass is 16.6. The van der Waals surface area contributed by atoms with Crippen molar-refractivity contribution < 1.29 is 33.4 Å². The summed E-state index contributed by atoms with van der Waals surface area (Å²) in [6.07, 6.45) is 34.0. The van der Waals surface area contributed by atoms with Gasteiger partial charge in [0.1, 0.15) is 6.61 Å². The Hall–Kier alpha value is -3.88. The van der Waals surface area contributed by atoms with Crippen LogP contribution in [0, 0.1) is 10.8 Å². The molecule has 0 saturated carbocycles. The van der Waals surface area contributed by atoms with Crippen molar-refractivity contribution >= 4 is 18.1 Å². The van der Waals surface area contributed by atoms with Crippen LogP contribution in [0.3, 0.4) is 0 Å². The average molecular weight is 797 g/mol. The third-order valence-electron chi connectivity index (χ3n) is 11.0. The van der Waals surface area contributed by atoms with E-state index >= 15 is 0 Å². The molecule has 1 aromatic rings. The standard InChI is InChI=1S/C51H73NO6/c1-40(20-22-47-43(4)17-12-26-50(47,6)7)14-10-16-42(3)38-46-39-45(19-11-15-41(2)21-23-48-44(5)18-13-27-51(48,8)9)24-28-52(46)29-31-56-33-35-58-37-36-57-34-32-55-30-25-49(53)54/h10-11,14-16,19-24,28,38-39H,12-13,17-18,25-27,29-37H2,1-9H3/p+1/b16-10+,19-11+,22-20+,23-21+,40-14+,41-15+,42-38+. The summed E-state index contributed by atoms with van der Waals surface area (Å²) < 4.78 is 24.5. The van der Waals surface area contributed by atoms with Crippen LogP contribution in [0.4, 0.5) is 0 Å². The van der Waals surface area contributed by atoms with Crippen LogP contribution < -0.4 is 4.57 Å². The molecule has 7 heteroatoms. The lowest BCUT2D eigenvalue weighted by Crippen LogP contribution is -2.39. The molecule has 1 heterocycles. The second-order valence-electron chi connectivity index (χ2n) is 17.1. The number of ether oxygens (including phenoxy) is 4. The second kappa shape index (κ2) is 25.6. The minimum atomic E-state index is -0.865. The van der Waals surface area contributed by atoms with Crippen molar-refractivity contribution in [1.82, 2.24) is 0 Å². The Kier molecular flexibility index (Phi) is 21.4. The van der Waals surface area contributed by atoms with Crippen LogP contribution >= 0.6 is 0 Å². The number of aliphatic carboxylic acids is 1. The molecule has 0 radical (unpaired) electrons. The summed E-state index contributed by atoms with van der Waals surface area (Å²) in [7, 11) is 0. The highest BCUT2D eigenvalue weighted by Crippen LogP contribution is 2.41. The lowest BCUT2D eigenvalue weighted by Gasteiger charge is -2.33. The maximum absolute atomic E-state index is 10.5. The van der Waals surface area contributed by atoms with Gasteiger partial charge >= 0.3 is 5.97 Å². The Labute approximate surface area is 351 Å². The van der Waals surface area contributed by atoms with E-state index in [1.54, 1.807) is 0 Å². The van der Waals surface area contributed by atoms with E-state index in [-0.39, 0.29) is 23.9 Å². The van der Waals surface area contributed by atoms with Crippen LogP contribution in [0.15, 0.2) is 112 Å². The van der Waals surface area contributed by atoms with Gasteiger partial charge in [-0.15, -0.1) is 0 Å². The second-order valence-corrected chi connectivity index (χ2v) is 17.1. The molecule has 0 spiro atoms. The number of hydrogen-bond donors (Lipinski definition) is 1. The van der Waals surface area contributed by atoms with Gasteiger partial charge in [-0.25, -0.2) is 0 Å². The Morgan fingerprint density at radius 3 is 1.71 bits per heavy atom. The summed E-state index contributed by atoms with van der Waals surface area (Å²) >= 11 is 0. The van der Waals surface area contributed by atoms with E-state index in [2.05, 4.69) is 152 Å². The molecule has 0 aliphatic heterocycles. The summed E-state index contributed by atoms with van der Waals surface area (Å²) in [5.41, 5.74) is 12.3. The molecule has 2 aliphatic rings. The highest BCUT2D eigenvalue weighted by Gasteiger charge is 2.27. The molecule has 3 rings (SSSR count). The molecule has 1 aromatic heterocycles. The van der Waals surface area contributed by atoms with Crippen molar-refractivity contribution in [3.63, 3.8) is 0 Å². The van der Waals surface area contributed by atoms with Gasteiger partial charge in [0.15, 0.2) is 12.7 Å². The van der Waals surface area contributed by atoms with Crippen molar-refractivity contribution in [1.29, 1.82) is 0 Å². The van der Waals surface area contributed by atoms with Gasteiger partial charge < -0.3 is 24.1 Å².